The molecule has 0 heterocycles. The van der Waals surface area contributed by atoms with E-state index in [2.05, 4.69) is 27.7 Å². The number of Topliss-reactive ketones (excluding diaryl/α,β-unsaturated/α-hetero) is 1. The number of hydrogen-bond donors (Lipinski definition) is 0. The summed E-state index contributed by atoms with van der Waals surface area (Å²) < 4.78 is 27.4. The molecule has 21 heavy (non-hydrogen) atoms. The van der Waals surface area contributed by atoms with Crippen LogP contribution in [0.3, 0.4) is 0 Å². The summed E-state index contributed by atoms with van der Waals surface area (Å²) in [6, 6.07) is 3.78. The van der Waals surface area contributed by atoms with Crippen molar-refractivity contribution in [2.45, 2.75) is 46.6 Å². The van der Waals surface area contributed by atoms with E-state index >= 15 is 0 Å². The van der Waals surface area contributed by atoms with E-state index in [0.29, 0.717) is 5.92 Å². The number of carbonyl (C=O) groups excluding carboxylic acids is 1. The molecule has 0 radical (unpaired) electrons. The number of ketones is 1. The zero-order valence-corrected chi connectivity index (χ0v) is 13.3. The molecular formula is C17H25F2NO. The summed E-state index contributed by atoms with van der Waals surface area (Å²) in [5, 5.41) is 0. The third-order valence-corrected chi connectivity index (χ3v) is 3.65. The van der Waals surface area contributed by atoms with Crippen LogP contribution >= 0.6 is 0 Å². The molecule has 1 aromatic carbocycles. The Morgan fingerprint density at radius 3 is 2.10 bits per heavy atom. The molecule has 0 atom stereocenters. The van der Waals surface area contributed by atoms with E-state index in [-0.39, 0.29) is 12.6 Å². The second-order valence-electron chi connectivity index (χ2n) is 5.81. The molecule has 0 bridgehead atoms. The molecule has 0 aromatic heterocycles. The van der Waals surface area contributed by atoms with Crippen molar-refractivity contribution in [1.29, 1.82) is 0 Å². The predicted octanol–water partition coefficient (Wildman–Crippen LogP) is 4.29. The molecule has 0 unspecified atom stereocenters. The summed E-state index contributed by atoms with van der Waals surface area (Å²) in [6.07, 6.45) is 1.83. The standard InChI is InChI=1S/C17H25F2NO/c1-5-13(6-2)20(10-12(3)4)11-16(21)17-14(18)8-7-9-15(17)19/h7-9,12-13H,5-6,10-11H2,1-4H3. The summed E-state index contributed by atoms with van der Waals surface area (Å²) in [6.45, 7) is 9.08. The molecule has 0 amide bonds. The van der Waals surface area contributed by atoms with Crippen molar-refractivity contribution < 1.29 is 13.6 Å². The first kappa shape index (κ1) is 17.8. The van der Waals surface area contributed by atoms with Crippen LogP contribution in [-0.2, 0) is 0 Å². The average molecular weight is 297 g/mol. The minimum absolute atomic E-state index is 0.0579. The number of rotatable bonds is 8. The summed E-state index contributed by atoms with van der Waals surface area (Å²) in [7, 11) is 0. The fraction of sp³-hybridized carbons (Fsp3) is 0.588. The Bertz CT molecular complexity index is 450. The van der Waals surface area contributed by atoms with Gasteiger partial charge >= 0.3 is 0 Å². The molecule has 0 spiro atoms. The fourth-order valence-electron chi connectivity index (χ4n) is 2.64. The quantitative estimate of drug-likeness (QED) is 0.667. The second kappa shape index (κ2) is 8.23. The molecule has 0 aliphatic heterocycles. The van der Waals surface area contributed by atoms with Crippen LogP contribution in [0, 0.1) is 17.6 Å². The van der Waals surface area contributed by atoms with Crippen molar-refractivity contribution in [2.24, 2.45) is 5.92 Å². The number of halogens is 2. The molecule has 1 rings (SSSR count). The summed E-state index contributed by atoms with van der Waals surface area (Å²) >= 11 is 0. The van der Waals surface area contributed by atoms with Crippen LogP contribution in [0.5, 0.6) is 0 Å². The second-order valence-corrected chi connectivity index (χ2v) is 5.81. The topological polar surface area (TPSA) is 20.3 Å². The molecule has 2 nitrogen and oxygen atoms in total. The Kier molecular flexibility index (Phi) is 6.96. The van der Waals surface area contributed by atoms with Gasteiger partial charge in [-0.25, -0.2) is 8.78 Å². The van der Waals surface area contributed by atoms with Crippen LogP contribution in [0.4, 0.5) is 8.78 Å². The van der Waals surface area contributed by atoms with Crippen molar-refractivity contribution >= 4 is 5.78 Å². The smallest absolute Gasteiger partial charge is 0.182 e. The fourth-order valence-corrected chi connectivity index (χ4v) is 2.64. The van der Waals surface area contributed by atoms with E-state index in [1.54, 1.807) is 0 Å². The maximum Gasteiger partial charge on any atom is 0.182 e. The van der Waals surface area contributed by atoms with Gasteiger partial charge in [-0.1, -0.05) is 33.8 Å². The van der Waals surface area contributed by atoms with Crippen molar-refractivity contribution in [1.82, 2.24) is 4.90 Å². The minimum atomic E-state index is -0.783. The van der Waals surface area contributed by atoms with Crippen LogP contribution < -0.4 is 0 Å². The van der Waals surface area contributed by atoms with Crippen molar-refractivity contribution in [2.75, 3.05) is 13.1 Å². The first-order valence-electron chi connectivity index (χ1n) is 7.61. The highest BCUT2D eigenvalue weighted by molar-refractivity contribution is 5.98. The maximum absolute atomic E-state index is 13.7. The zero-order valence-electron chi connectivity index (χ0n) is 13.3. The number of nitrogens with zero attached hydrogens (tertiary/aromatic N) is 1. The SMILES string of the molecule is CCC(CC)N(CC(=O)c1c(F)cccc1F)CC(C)C. The lowest BCUT2D eigenvalue weighted by Gasteiger charge is -2.31. The van der Waals surface area contributed by atoms with Gasteiger partial charge in [-0.2, -0.15) is 0 Å². The highest BCUT2D eigenvalue weighted by Crippen LogP contribution is 2.16. The molecule has 0 aliphatic carbocycles. The monoisotopic (exact) mass is 297 g/mol. The number of hydrogen-bond acceptors (Lipinski definition) is 2. The molecule has 0 fully saturated rings. The van der Waals surface area contributed by atoms with Gasteiger partial charge in [0.1, 0.15) is 11.6 Å². The van der Waals surface area contributed by atoms with Crippen molar-refractivity contribution in [3.63, 3.8) is 0 Å². The van der Waals surface area contributed by atoms with Crippen molar-refractivity contribution in [3.05, 3.63) is 35.4 Å². The van der Waals surface area contributed by atoms with Gasteiger partial charge in [0, 0.05) is 12.6 Å². The van der Waals surface area contributed by atoms with Gasteiger partial charge < -0.3 is 0 Å². The Labute approximate surface area is 126 Å². The van der Waals surface area contributed by atoms with E-state index in [1.807, 2.05) is 4.90 Å². The average Bonchev–Trinajstić information content (AvgIpc) is 2.39. The maximum atomic E-state index is 13.7. The van der Waals surface area contributed by atoms with Crippen LogP contribution in [0.25, 0.3) is 0 Å². The Balaban J connectivity index is 2.94. The van der Waals surface area contributed by atoms with Gasteiger partial charge in [0.2, 0.25) is 0 Å². The Hall–Kier alpha value is -1.29. The Morgan fingerprint density at radius 2 is 1.67 bits per heavy atom. The van der Waals surface area contributed by atoms with Gasteiger partial charge in [0.15, 0.2) is 5.78 Å². The van der Waals surface area contributed by atoms with Gasteiger partial charge in [0.05, 0.1) is 12.1 Å². The summed E-state index contributed by atoms with van der Waals surface area (Å²) in [5.74, 6) is -1.66. The highest BCUT2D eigenvalue weighted by atomic mass is 19.1. The van der Waals surface area contributed by atoms with E-state index in [4.69, 9.17) is 0 Å². The van der Waals surface area contributed by atoms with Gasteiger partial charge in [-0.05, 0) is 30.9 Å². The van der Waals surface area contributed by atoms with Crippen LogP contribution in [-0.4, -0.2) is 29.8 Å². The normalized spacial score (nSPS) is 11.7. The predicted molar refractivity (Wildman–Crippen MR) is 81.5 cm³/mol. The molecular weight excluding hydrogens is 272 g/mol. The zero-order chi connectivity index (χ0) is 16.0. The third-order valence-electron chi connectivity index (χ3n) is 3.65. The molecule has 0 saturated carbocycles. The molecule has 1 aromatic rings. The largest absolute Gasteiger partial charge is 0.293 e. The summed E-state index contributed by atoms with van der Waals surface area (Å²) in [4.78, 5) is 14.3. The lowest BCUT2D eigenvalue weighted by molar-refractivity contribution is 0.0857. The van der Waals surface area contributed by atoms with E-state index < -0.39 is 23.0 Å². The number of benzene rings is 1. The van der Waals surface area contributed by atoms with E-state index in [1.165, 1.54) is 6.07 Å². The first-order valence-corrected chi connectivity index (χ1v) is 7.61. The van der Waals surface area contributed by atoms with Gasteiger partial charge in [-0.15, -0.1) is 0 Å². The number of carbonyl (C=O) groups is 1. The van der Waals surface area contributed by atoms with Crippen LogP contribution in [0.2, 0.25) is 0 Å². The first-order chi connectivity index (χ1) is 9.90. The molecule has 0 N–H and O–H groups in total. The minimum Gasteiger partial charge on any atom is -0.293 e. The highest BCUT2D eigenvalue weighted by Gasteiger charge is 2.23. The van der Waals surface area contributed by atoms with E-state index in [0.717, 1.165) is 31.5 Å². The van der Waals surface area contributed by atoms with Gasteiger partial charge in [0.25, 0.3) is 0 Å². The van der Waals surface area contributed by atoms with Crippen molar-refractivity contribution in [3.8, 4) is 0 Å². The van der Waals surface area contributed by atoms with Crippen LogP contribution in [0.15, 0.2) is 18.2 Å². The lowest BCUT2D eigenvalue weighted by Crippen LogP contribution is -2.41. The molecule has 0 saturated heterocycles. The van der Waals surface area contributed by atoms with Gasteiger partial charge in [-0.3, -0.25) is 9.69 Å². The molecule has 4 heteroatoms. The van der Waals surface area contributed by atoms with E-state index in [9.17, 15) is 13.6 Å². The van der Waals surface area contributed by atoms with Crippen LogP contribution in [0.1, 0.15) is 50.9 Å². The summed E-state index contributed by atoms with van der Waals surface area (Å²) in [5.41, 5.74) is -0.419. The third kappa shape index (κ3) is 4.88. The Morgan fingerprint density at radius 1 is 1.14 bits per heavy atom. The lowest BCUT2D eigenvalue weighted by atomic mass is 10.0. The molecule has 0 aliphatic rings. The molecule has 118 valence electrons.